The molecule has 18 rings (SSSR count). The van der Waals surface area contributed by atoms with Gasteiger partial charge in [-0.2, -0.15) is 0 Å². The van der Waals surface area contributed by atoms with Crippen LogP contribution in [0.15, 0.2) is 267 Å². The van der Waals surface area contributed by atoms with Crippen molar-refractivity contribution in [2.45, 2.75) is 16.2 Å². The number of benzene rings is 12. The maximum absolute atomic E-state index is 2.55. The van der Waals surface area contributed by atoms with Crippen LogP contribution in [0.5, 0.6) is 0 Å². The fourth-order valence-electron chi connectivity index (χ4n) is 16.2. The van der Waals surface area contributed by atoms with Gasteiger partial charge in [0, 0.05) is 0 Å². The molecule has 12 aromatic carbocycles. The van der Waals surface area contributed by atoms with Crippen molar-refractivity contribution in [3.63, 3.8) is 0 Å². The number of hydrogen-bond acceptors (Lipinski definition) is 0. The van der Waals surface area contributed by atoms with Crippen molar-refractivity contribution in [3.05, 3.63) is 367 Å². The molecule has 0 saturated carbocycles. The van der Waals surface area contributed by atoms with E-state index < -0.39 is 16.2 Å². The van der Waals surface area contributed by atoms with Gasteiger partial charge in [-0.05, 0) is 180 Å². The Hall–Kier alpha value is -10.1. The van der Waals surface area contributed by atoms with Crippen LogP contribution in [-0.4, -0.2) is 0 Å². The molecule has 6 aliphatic rings. The van der Waals surface area contributed by atoms with Crippen molar-refractivity contribution in [1.82, 2.24) is 0 Å². The molecule has 0 saturated heterocycles. The molecule has 6 aliphatic carbocycles. The molecule has 0 aliphatic heterocycles. The first-order valence-electron chi connectivity index (χ1n) is 28.6. The van der Waals surface area contributed by atoms with Gasteiger partial charge in [0.2, 0.25) is 0 Å². The minimum Gasteiger partial charge on any atom is -0.0619 e. The van der Waals surface area contributed by atoms with Gasteiger partial charge in [-0.1, -0.05) is 279 Å². The SMILES string of the molecule is C1=Cc2ccc(-c3ccc4c(c3)C3(c5cc(-c6ccc7c(c6)C6(c8ccccc8C=C7)c7ccccc7-c7ccccc76)ccc5C=C4)c4ccccc4-c4ccccc43)cc2C2(c3ccccc31)c1ccccc1-c1ccccc12. The lowest BCUT2D eigenvalue weighted by Crippen LogP contribution is -2.30. The predicted molar refractivity (Wildman–Crippen MR) is 336 cm³/mol. The largest absolute Gasteiger partial charge is 0.0725 e. The van der Waals surface area contributed by atoms with Crippen LogP contribution in [0.1, 0.15) is 100 Å². The van der Waals surface area contributed by atoms with E-state index in [1.807, 2.05) is 0 Å². The van der Waals surface area contributed by atoms with E-state index in [0.29, 0.717) is 0 Å². The van der Waals surface area contributed by atoms with E-state index in [1.165, 1.54) is 156 Å². The number of hydrogen-bond donors (Lipinski definition) is 0. The Balaban J connectivity index is 0.868. The summed E-state index contributed by atoms with van der Waals surface area (Å²) in [5.41, 5.74) is 34.1. The van der Waals surface area contributed by atoms with Crippen molar-refractivity contribution < 1.29 is 0 Å². The van der Waals surface area contributed by atoms with Gasteiger partial charge in [0.15, 0.2) is 0 Å². The van der Waals surface area contributed by atoms with Gasteiger partial charge in [0.05, 0.1) is 16.2 Å². The topological polar surface area (TPSA) is 0 Å². The average molecular weight is 1020 g/mol. The predicted octanol–water partition coefficient (Wildman–Crippen LogP) is 19.6. The molecule has 12 aromatic rings. The Labute approximate surface area is 472 Å². The van der Waals surface area contributed by atoms with Crippen molar-refractivity contribution in [2.75, 3.05) is 0 Å². The molecule has 0 nitrogen and oxygen atoms in total. The van der Waals surface area contributed by atoms with Gasteiger partial charge in [-0.15, -0.1) is 0 Å². The second-order valence-electron chi connectivity index (χ2n) is 22.9. The maximum atomic E-state index is 2.55. The van der Waals surface area contributed by atoms with Gasteiger partial charge >= 0.3 is 0 Å². The highest BCUT2D eigenvalue weighted by atomic mass is 14.5. The van der Waals surface area contributed by atoms with Crippen molar-refractivity contribution >= 4 is 36.5 Å². The van der Waals surface area contributed by atoms with Crippen LogP contribution in [0.2, 0.25) is 0 Å². The third kappa shape index (κ3) is 5.73. The molecule has 0 fully saturated rings. The van der Waals surface area contributed by atoms with Gasteiger partial charge in [-0.25, -0.2) is 0 Å². The maximum Gasteiger partial charge on any atom is 0.0725 e. The minimum absolute atomic E-state index is 0.521. The van der Waals surface area contributed by atoms with E-state index in [1.54, 1.807) is 0 Å². The fourth-order valence-corrected chi connectivity index (χ4v) is 16.2. The lowest BCUT2D eigenvalue weighted by Gasteiger charge is -2.37. The third-order valence-electron chi connectivity index (χ3n) is 19.4. The third-order valence-corrected chi connectivity index (χ3v) is 19.4. The lowest BCUT2D eigenvalue weighted by atomic mass is 9.64. The summed E-state index contributed by atoms with van der Waals surface area (Å²) in [5.74, 6) is 0. The van der Waals surface area contributed by atoms with Crippen LogP contribution in [0.4, 0.5) is 0 Å². The number of fused-ring (bicyclic) bond motifs is 27. The van der Waals surface area contributed by atoms with Gasteiger partial charge in [0.1, 0.15) is 0 Å². The molecule has 374 valence electrons. The van der Waals surface area contributed by atoms with Crippen molar-refractivity contribution in [3.8, 4) is 55.6 Å². The van der Waals surface area contributed by atoms with E-state index in [9.17, 15) is 0 Å². The highest BCUT2D eigenvalue weighted by Crippen LogP contribution is 2.63. The van der Waals surface area contributed by atoms with E-state index in [2.05, 4.69) is 303 Å². The van der Waals surface area contributed by atoms with Crippen LogP contribution in [0.25, 0.3) is 92.1 Å². The molecular formula is C81H50. The molecule has 0 unspecified atom stereocenters. The molecule has 3 spiro atoms. The van der Waals surface area contributed by atoms with E-state index in [4.69, 9.17) is 0 Å². The summed E-state index contributed by atoms with van der Waals surface area (Å²) in [4.78, 5) is 0. The minimum atomic E-state index is -0.650. The molecule has 0 atom stereocenters. The molecule has 0 heteroatoms. The van der Waals surface area contributed by atoms with E-state index in [0.717, 1.165) is 0 Å². The summed E-state index contributed by atoms with van der Waals surface area (Å²) in [6.45, 7) is 0. The Morgan fingerprint density at radius 1 is 0.148 bits per heavy atom. The quantitative estimate of drug-likeness (QED) is 0.162. The zero-order chi connectivity index (χ0) is 53.0. The molecular weight excluding hydrogens is 973 g/mol. The first-order valence-corrected chi connectivity index (χ1v) is 28.6. The zero-order valence-corrected chi connectivity index (χ0v) is 44.4. The monoisotopic (exact) mass is 1020 g/mol. The molecule has 0 aromatic heterocycles. The Kier molecular flexibility index (Phi) is 9.10. The van der Waals surface area contributed by atoms with Crippen LogP contribution >= 0.6 is 0 Å². The highest BCUT2D eigenvalue weighted by Gasteiger charge is 2.52. The molecule has 0 radical (unpaired) electrons. The summed E-state index contributed by atoms with van der Waals surface area (Å²) < 4.78 is 0. The summed E-state index contributed by atoms with van der Waals surface area (Å²) in [7, 11) is 0. The van der Waals surface area contributed by atoms with Gasteiger partial charge in [-0.3, -0.25) is 0 Å². The van der Waals surface area contributed by atoms with Crippen LogP contribution in [-0.2, 0) is 16.2 Å². The number of rotatable bonds is 2. The van der Waals surface area contributed by atoms with Crippen LogP contribution in [0.3, 0.4) is 0 Å². The summed E-state index contributed by atoms with van der Waals surface area (Å²) in [6.07, 6.45) is 14.1. The first-order chi connectivity index (χ1) is 40.1. The summed E-state index contributed by atoms with van der Waals surface area (Å²) in [6, 6.07) is 102. The normalized spacial score (nSPS) is 15.3. The van der Waals surface area contributed by atoms with Gasteiger partial charge < -0.3 is 0 Å². The second-order valence-corrected chi connectivity index (χ2v) is 22.9. The van der Waals surface area contributed by atoms with Gasteiger partial charge in [0.25, 0.3) is 0 Å². The zero-order valence-electron chi connectivity index (χ0n) is 44.4. The highest BCUT2D eigenvalue weighted by molar-refractivity contribution is 5.97. The van der Waals surface area contributed by atoms with Crippen molar-refractivity contribution in [2.24, 2.45) is 0 Å². The Bertz CT molecular complexity index is 4440. The molecule has 0 N–H and O–H groups in total. The van der Waals surface area contributed by atoms with E-state index in [-0.39, 0.29) is 0 Å². The van der Waals surface area contributed by atoms with Crippen molar-refractivity contribution in [1.29, 1.82) is 0 Å². The Morgan fingerprint density at radius 2 is 0.333 bits per heavy atom. The second kappa shape index (κ2) is 16.5. The molecule has 0 amide bonds. The molecule has 0 bridgehead atoms. The summed E-state index contributed by atoms with van der Waals surface area (Å²) in [5, 5.41) is 0. The summed E-state index contributed by atoms with van der Waals surface area (Å²) >= 11 is 0. The van der Waals surface area contributed by atoms with E-state index >= 15 is 0 Å². The first kappa shape index (κ1) is 44.8. The molecule has 0 heterocycles. The Morgan fingerprint density at radius 3 is 0.580 bits per heavy atom. The van der Waals surface area contributed by atoms with Crippen LogP contribution < -0.4 is 0 Å². The fraction of sp³-hybridized carbons (Fsp3) is 0.0370. The van der Waals surface area contributed by atoms with Crippen LogP contribution in [0, 0.1) is 0 Å². The lowest BCUT2D eigenvalue weighted by molar-refractivity contribution is 0.764. The smallest absolute Gasteiger partial charge is 0.0619 e. The standard InChI is InChI=1S/C81H50/c1-9-25-67-51(17-1)33-35-53-39-43-57(47-75(53)79(67)69-27-11-3-19-61(69)62-20-4-12-28-70(62)79)59-45-41-55-37-38-56-42-46-60(50-78(56)81(77(55)49-59)73-31-15-7-23-65(73)66-24-8-16-32-74(66)81)58-44-40-54-36-34-52-18-2-10-26-68(52)80(76(54)48-58)71-29-13-5-21-63(71)64-22-6-14-30-72(64)80/h1-50H. The average Bonchev–Trinajstić information content (AvgIpc) is 3.81. The molecule has 81 heavy (non-hydrogen) atoms.